The summed E-state index contributed by atoms with van der Waals surface area (Å²) < 4.78 is 26.8. The van der Waals surface area contributed by atoms with Gasteiger partial charge in [-0.3, -0.25) is 0 Å². The van der Waals surface area contributed by atoms with E-state index in [2.05, 4.69) is 4.72 Å². The van der Waals surface area contributed by atoms with Crippen molar-refractivity contribution in [2.45, 2.75) is 24.3 Å². The number of rotatable bonds is 4. The molecule has 0 atom stereocenters. The summed E-state index contributed by atoms with van der Waals surface area (Å²) >= 11 is 0. The van der Waals surface area contributed by atoms with Crippen molar-refractivity contribution in [2.24, 2.45) is 5.73 Å². The van der Waals surface area contributed by atoms with Gasteiger partial charge in [0, 0.05) is 12.1 Å². The Bertz CT molecular complexity index is 694. The zero-order chi connectivity index (χ0) is 14.1. The normalized spacial score (nSPS) is 12.2. The van der Waals surface area contributed by atoms with Crippen LogP contribution in [-0.4, -0.2) is 20.5 Å². The van der Waals surface area contributed by atoms with Crippen LogP contribution in [0, 0.1) is 0 Å². The standard InChI is InChI=1S/C14H18N2O2S.ClH/c1-14(2,15)10-16-19(17,18)13-8-7-11-5-3-4-6-12(11)9-13;/h3-9,16H,10,15H2,1-2H3;1H. The zero-order valence-electron chi connectivity index (χ0n) is 11.5. The first-order valence-corrected chi connectivity index (χ1v) is 7.54. The van der Waals surface area contributed by atoms with Gasteiger partial charge >= 0.3 is 0 Å². The van der Waals surface area contributed by atoms with E-state index in [1.54, 1.807) is 32.0 Å². The smallest absolute Gasteiger partial charge is 0.240 e. The molecule has 0 aliphatic rings. The molecule has 20 heavy (non-hydrogen) atoms. The highest BCUT2D eigenvalue weighted by atomic mass is 35.5. The van der Waals surface area contributed by atoms with Gasteiger partial charge in [0.05, 0.1) is 4.90 Å². The van der Waals surface area contributed by atoms with Crippen LogP contribution in [0.1, 0.15) is 13.8 Å². The Kier molecular flexibility index (Phi) is 5.15. The van der Waals surface area contributed by atoms with Gasteiger partial charge in [-0.1, -0.05) is 30.3 Å². The molecule has 0 bridgehead atoms. The second-order valence-electron chi connectivity index (χ2n) is 5.32. The summed E-state index contributed by atoms with van der Waals surface area (Å²) in [6.45, 7) is 3.74. The molecule has 0 radical (unpaired) electrons. The van der Waals surface area contributed by atoms with Crippen molar-refractivity contribution in [2.75, 3.05) is 6.54 Å². The summed E-state index contributed by atoms with van der Waals surface area (Å²) in [6.07, 6.45) is 0. The van der Waals surface area contributed by atoms with Gasteiger partial charge in [-0.05, 0) is 36.8 Å². The fraction of sp³-hybridized carbons (Fsp3) is 0.286. The van der Waals surface area contributed by atoms with Crippen LogP contribution in [-0.2, 0) is 10.0 Å². The van der Waals surface area contributed by atoms with Crippen LogP contribution in [0.3, 0.4) is 0 Å². The van der Waals surface area contributed by atoms with E-state index >= 15 is 0 Å². The summed E-state index contributed by atoms with van der Waals surface area (Å²) in [5.41, 5.74) is 5.20. The van der Waals surface area contributed by atoms with Crippen molar-refractivity contribution in [1.29, 1.82) is 0 Å². The molecular formula is C14H19ClN2O2S. The van der Waals surface area contributed by atoms with Crippen LogP contribution in [0.5, 0.6) is 0 Å². The van der Waals surface area contributed by atoms with Crippen LogP contribution in [0.25, 0.3) is 10.8 Å². The van der Waals surface area contributed by atoms with Crippen LogP contribution in [0.4, 0.5) is 0 Å². The highest BCUT2D eigenvalue weighted by molar-refractivity contribution is 7.89. The molecule has 6 heteroatoms. The predicted molar refractivity (Wildman–Crippen MR) is 84.7 cm³/mol. The van der Waals surface area contributed by atoms with Gasteiger partial charge in [-0.2, -0.15) is 0 Å². The Balaban J connectivity index is 0.00000200. The Morgan fingerprint density at radius 3 is 2.30 bits per heavy atom. The van der Waals surface area contributed by atoms with Gasteiger partial charge in [-0.15, -0.1) is 12.4 Å². The summed E-state index contributed by atoms with van der Waals surface area (Å²) in [7, 11) is -3.51. The minimum atomic E-state index is -3.51. The molecule has 0 heterocycles. The first-order chi connectivity index (χ1) is 8.78. The van der Waals surface area contributed by atoms with E-state index in [9.17, 15) is 8.42 Å². The number of nitrogens with two attached hydrogens (primary N) is 1. The number of hydrogen-bond donors (Lipinski definition) is 2. The molecule has 0 aromatic heterocycles. The molecule has 0 saturated heterocycles. The van der Waals surface area contributed by atoms with Crippen molar-refractivity contribution in [3.05, 3.63) is 42.5 Å². The maximum Gasteiger partial charge on any atom is 0.240 e. The fourth-order valence-corrected chi connectivity index (χ4v) is 2.96. The van der Waals surface area contributed by atoms with Gasteiger partial charge < -0.3 is 5.73 Å². The van der Waals surface area contributed by atoms with E-state index < -0.39 is 15.6 Å². The van der Waals surface area contributed by atoms with Crippen molar-refractivity contribution in [3.8, 4) is 0 Å². The molecule has 2 aromatic rings. The maximum absolute atomic E-state index is 12.2. The van der Waals surface area contributed by atoms with E-state index in [-0.39, 0.29) is 23.8 Å². The van der Waals surface area contributed by atoms with E-state index in [0.29, 0.717) is 0 Å². The summed E-state index contributed by atoms with van der Waals surface area (Å²) in [4.78, 5) is 0.260. The van der Waals surface area contributed by atoms with Crippen LogP contribution in [0.15, 0.2) is 47.4 Å². The summed E-state index contributed by atoms with van der Waals surface area (Å²) in [6, 6.07) is 12.7. The minimum Gasteiger partial charge on any atom is -0.324 e. The lowest BCUT2D eigenvalue weighted by Crippen LogP contribution is -2.45. The van der Waals surface area contributed by atoms with E-state index in [0.717, 1.165) is 10.8 Å². The number of sulfonamides is 1. The average molecular weight is 315 g/mol. The largest absolute Gasteiger partial charge is 0.324 e. The molecular weight excluding hydrogens is 296 g/mol. The SMILES string of the molecule is CC(C)(N)CNS(=O)(=O)c1ccc2ccccc2c1.Cl. The van der Waals surface area contributed by atoms with Gasteiger partial charge in [0.25, 0.3) is 0 Å². The van der Waals surface area contributed by atoms with Crippen molar-refractivity contribution < 1.29 is 8.42 Å². The molecule has 2 aromatic carbocycles. The second-order valence-corrected chi connectivity index (χ2v) is 7.09. The highest BCUT2D eigenvalue weighted by Gasteiger charge is 2.18. The molecule has 4 nitrogen and oxygen atoms in total. The van der Waals surface area contributed by atoms with E-state index in [1.165, 1.54) is 0 Å². The molecule has 2 rings (SSSR count). The van der Waals surface area contributed by atoms with Crippen molar-refractivity contribution >= 4 is 33.2 Å². The number of halogens is 1. The van der Waals surface area contributed by atoms with Crippen LogP contribution < -0.4 is 10.5 Å². The summed E-state index contributed by atoms with van der Waals surface area (Å²) in [5, 5.41) is 1.91. The monoisotopic (exact) mass is 314 g/mol. The van der Waals surface area contributed by atoms with E-state index in [4.69, 9.17) is 5.73 Å². The predicted octanol–water partition coefficient (Wildman–Crippen LogP) is 2.28. The van der Waals surface area contributed by atoms with E-state index in [1.807, 2.05) is 24.3 Å². The first kappa shape index (κ1) is 16.9. The molecule has 0 spiro atoms. The molecule has 0 fully saturated rings. The molecule has 0 aliphatic carbocycles. The van der Waals surface area contributed by atoms with Crippen molar-refractivity contribution in [1.82, 2.24) is 4.72 Å². The second kappa shape index (κ2) is 6.10. The first-order valence-electron chi connectivity index (χ1n) is 6.05. The molecule has 0 unspecified atom stereocenters. The number of fused-ring (bicyclic) bond motifs is 1. The fourth-order valence-electron chi connectivity index (χ4n) is 1.70. The number of nitrogens with one attached hydrogen (secondary N) is 1. The Hall–Kier alpha value is -1.14. The minimum absolute atomic E-state index is 0. The topological polar surface area (TPSA) is 72.2 Å². The third kappa shape index (κ3) is 4.18. The van der Waals surface area contributed by atoms with Gasteiger partial charge in [0.2, 0.25) is 10.0 Å². The maximum atomic E-state index is 12.2. The van der Waals surface area contributed by atoms with Crippen LogP contribution >= 0.6 is 12.4 Å². The van der Waals surface area contributed by atoms with Gasteiger partial charge in [-0.25, -0.2) is 13.1 Å². The highest BCUT2D eigenvalue weighted by Crippen LogP contribution is 2.18. The lowest BCUT2D eigenvalue weighted by Gasteiger charge is -2.19. The Morgan fingerprint density at radius 2 is 1.70 bits per heavy atom. The molecule has 0 saturated carbocycles. The van der Waals surface area contributed by atoms with Crippen molar-refractivity contribution in [3.63, 3.8) is 0 Å². The van der Waals surface area contributed by atoms with Gasteiger partial charge in [0.1, 0.15) is 0 Å². The Labute approximate surface area is 125 Å². The Morgan fingerprint density at radius 1 is 1.10 bits per heavy atom. The number of benzene rings is 2. The quantitative estimate of drug-likeness (QED) is 0.909. The molecule has 3 N–H and O–H groups in total. The molecule has 0 amide bonds. The molecule has 0 aliphatic heterocycles. The lowest BCUT2D eigenvalue weighted by molar-refractivity contribution is 0.498. The number of hydrogen-bond acceptors (Lipinski definition) is 3. The zero-order valence-corrected chi connectivity index (χ0v) is 13.1. The van der Waals surface area contributed by atoms with Crippen LogP contribution in [0.2, 0.25) is 0 Å². The summed E-state index contributed by atoms with van der Waals surface area (Å²) in [5.74, 6) is 0. The lowest BCUT2D eigenvalue weighted by atomic mass is 10.1. The van der Waals surface area contributed by atoms with Gasteiger partial charge in [0.15, 0.2) is 0 Å². The molecule has 110 valence electrons. The third-order valence-corrected chi connectivity index (χ3v) is 4.15. The average Bonchev–Trinajstić information content (AvgIpc) is 2.35. The third-order valence-electron chi connectivity index (χ3n) is 2.75.